The van der Waals surface area contributed by atoms with Gasteiger partial charge in [-0.15, -0.1) is 0 Å². The number of nitrogens with one attached hydrogen (secondary N) is 1. The molecule has 2 aliphatic heterocycles. The Balaban J connectivity index is 1.72. The zero-order valence-corrected chi connectivity index (χ0v) is 13.2. The molecular formula is C14H25F3N4O. The van der Waals surface area contributed by atoms with Crippen molar-refractivity contribution in [1.29, 1.82) is 0 Å². The Kier molecular flexibility index (Phi) is 5.55. The Labute approximate surface area is 129 Å². The highest BCUT2D eigenvalue weighted by atomic mass is 19.4. The normalized spacial score (nSPS) is 25.0. The van der Waals surface area contributed by atoms with Gasteiger partial charge in [0, 0.05) is 51.4 Å². The number of hydrogen-bond acceptors (Lipinski definition) is 3. The molecule has 5 nitrogen and oxygen atoms in total. The fourth-order valence-corrected chi connectivity index (χ4v) is 3.00. The number of urea groups is 1. The van der Waals surface area contributed by atoms with Crippen LogP contribution in [0.15, 0.2) is 0 Å². The Morgan fingerprint density at radius 1 is 1.18 bits per heavy atom. The average Bonchev–Trinajstić information content (AvgIpc) is 2.86. The van der Waals surface area contributed by atoms with Crippen LogP contribution in [0.25, 0.3) is 0 Å². The molecule has 2 heterocycles. The first-order valence-corrected chi connectivity index (χ1v) is 7.83. The molecule has 0 aromatic rings. The standard InChI is InChI=1S/C14H25F3N4O/c1-11(2)21-4-3-12(9-21)18-13(22)20-7-5-19(6-8-20)10-14(15,16)17/h11-12H,3-10H2,1-2H3,(H,18,22). The van der Waals surface area contributed by atoms with E-state index in [0.717, 1.165) is 19.5 Å². The van der Waals surface area contributed by atoms with Gasteiger partial charge in [-0.25, -0.2) is 4.79 Å². The van der Waals surface area contributed by atoms with Crippen LogP contribution in [-0.2, 0) is 0 Å². The quantitative estimate of drug-likeness (QED) is 0.853. The van der Waals surface area contributed by atoms with Crippen molar-refractivity contribution in [3.63, 3.8) is 0 Å². The van der Waals surface area contributed by atoms with Crippen molar-refractivity contribution >= 4 is 6.03 Å². The molecule has 8 heteroatoms. The molecule has 1 atom stereocenters. The molecule has 22 heavy (non-hydrogen) atoms. The lowest BCUT2D eigenvalue weighted by molar-refractivity contribution is -0.148. The number of likely N-dealkylation sites (tertiary alicyclic amines) is 1. The van der Waals surface area contributed by atoms with Gasteiger partial charge in [-0.1, -0.05) is 0 Å². The second kappa shape index (κ2) is 7.04. The summed E-state index contributed by atoms with van der Waals surface area (Å²) in [6.45, 7) is 6.43. The summed E-state index contributed by atoms with van der Waals surface area (Å²) in [5, 5.41) is 3.00. The van der Waals surface area contributed by atoms with Gasteiger partial charge in [0.1, 0.15) is 0 Å². The minimum Gasteiger partial charge on any atom is -0.334 e. The first kappa shape index (κ1) is 17.3. The third-order valence-electron chi connectivity index (χ3n) is 4.34. The molecule has 128 valence electrons. The van der Waals surface area contributed by atoms with Gasteiger partial charge in [0.05, 0.1) is 6.54 Å². The highest BCUT2D eigenvalue weighted by Crippen LogP contribution is 2.18. The van der Waals surface area contributed by atoms with Crippen LogP contribution in [0.3, 0.4) is 0 Å². The van der Waals surface area contributed by atoms with E-state index >= 15 is 0 Å². The monoisotopic (exact) mass is 322 g/mol. The summed E-state index contributed by atoms with van der Waals surface area (Å²) >= 11 is 0. The number of piperazine rings is 1. The maximum absolute atomic E-state index is 12.3. The summed E-state index contributed by atoms with van der Waals surface area (Å²) in [7, 11) is 0. The van der Waals surface area contributed by atoms with Gasteiger partial charge in [0.25, 0.3) is 0 Å². The maximum atomic E-state index is 12.3. The molecule has 0 aliphatic carbocycles. The molecule has 1 unspecified atom stereocenters. The summed E-state index contributed by atoms with van der Waals surface area (Å²) in [6, 6.07) is 0.457. The van der Waals surface area contributed by atoms with Gasteiger partial charge in [-0.2, -0.15) is 13.2 Å². The third kappa shape index (κ3) is 5.01. The minimum atomic E-state index is -4.17. The summed E-state index contributed by atoms with van der Waals surface area (Å²) in [4.78, 5) is 17.5. The number of nitrogens with zero attached hydrogens (tertiary/aromatic N) is 3. The predicted octanol–water partition coefficient (Wildman–Crippen LogP) is 1.36. The van der Waals surface area contributed by atoms with Crippen LogP contribution in [0.1, 0.15) is 20.3 Å². The largest absolute Gasteiger partial charge is 0.401 e. The van der Waals surface area contributed by atoms with Crippen molar-refractivity contribution in [2.24, 2.45) is 0 Å². The molecule has 2 amide bonds. The van der Waals surface area contributed by atoms with Gasteiger partial charge >= 0.3 is 12.2 Å². The summed E-state index contributed by atoms with van der Waals surface area (Å²) in [6.07, 6.45) is -3.24. The molecule has 0 bridgehead atoms. The lowest BCUT2D eigenvalue weighted by Gasteiger charge is -2.35. The molecule has 2 fully saturated rings. The summed E-state index contributed by atoms with van der Waals surface area (Å²) in [5.74, 6) is 0. The Hall–Kier alpha value is -1.02. The number of carbonyl (C=O) groups excluding carboxylic acids is 1. The zero-order valence-electron chi connectivity index (χ0n) is 13.2. The summed E-state index contributed by atoms with van der Waals surface area (Å²) < 4.78 is 37.0. The molecule has 2 saturated heterocycles. The molecule has 0 aromatic heterocycles. The fraction of sp³-hybridized carbons (Fsp3) is 0.929. The Bertz CT molecular complexity index is 381. The van der Waals surface area contributed by atoms with E-state index in [4.69, 9.17) is 0 Å². The van der Waals surface area contributed by atoms with Crippen LogP contribution >= 0.6 is 0 Å². The molecule has 1 N–H and O–H groups in total. The fourth-order valence-electron chi connectivity index (χ4n) is 3.00. The molecule has 2 rings (SSSR count). The van der Waals surface area contributed by atoms with Crippen LogP contribution in [-0.4, -0.2) is 84.8 Å². The lowest BCUT2D eigenvalue weighted by Crippen LogP contribution is -2.55. The van der Waals surface area contributed by atoms with Gasteiger partial charge in [0.2, 0.25) is 0 Å². The first-order chi connectivity index (χ1) is 10.2. The van der Waals surface area contributed by atoms with E-state index < -0.39 is 12.7 Å². The van der Waals surface area contributed by atoms with Crippen LogP contribution in [0.2, 0.25) is 0 Å². The van der Waals surface area contributed by atoms with Crippen molar-refractivity contribution in [2.75, 3.05) is 45.8 Å². The van der Waals surface area contributed by atoms with E-state index in [1.807, 2.05) is 0 Å². The highest BCUT2D eigenvalue weighted by Gasteiger charge is 2.33. The SMILES string of the molecule is CC(C)N1CCC(NC(=O)N2CCN(CC(F)(F)F)CC2)C1. The van der Waals surface area contributed by atoms with Crippen LogP contribution in [0.5, 0.6) is 0 Å². The number of amides is 2. The summed E-state index contributed by atoms with van der Waals surface area (Å²) in [5.41, 5.74) is 0. The molecule has 0 radical (unpaired) electrons. The predicted molar refractivity (Wildman–Crippen MR) is 77.7 cm³/mol. The van der Waals surface area contributed by atoms with Crippen molar-refractivity contribution < 1.29 is 18.0 Å². The van der Waals surface area contributed by atoms with E-state index in [1.54, 1.807) is 4.90 Å². The highest BCUT2D eigenvalue weighted by molar-refractivity contribution is 5.74. The van der Waals surface area contributed by atoms with Gasteiger partial charge < -0.3 is 10.2 Å². The van der Waals surface area contributed by atoms with Gasteiger partial charge in [-0.3, -0.25) is 9.80 Å². The molecular weight excluding hydrogens is 297 g/mol. The first-order valence-electron chi connectivity index (χ1n) is 7.83. The molecule has 2 aliphatic rings. The van der Waals surface area contributed by atoms with Crippen molar-refractivity contribution in [2.45, 2.75) is 38.5 Å². The third-order valence-corrected chi connectivity index (χ3v) is 4.34. The molecule has 0 saturated carbocycles. The molecule has 0 spiro atoms. The van der Waals surface area contributed by atoms with Crippen LogP contribution in [0, 0.1) is 0 Å². The smallest absolute Gasteiger partial charge is 0.334 e. The van der Waals surface area contributed by atoms with Gasteiger partial charge in [-0.05, 0) is 20.3 Å². The number of halogens is 3. The Morgan fingerprint density at radius 3 is 2.32 bits per heavy atom. The number of rotatable bonds is 3. The average molecular weight is 322 g/mol. The van der Waals surface area contributed by atoms with Crippen molar-refractivity contribution in [1.82, 2.24) is 20.0 Å². The van der Waals surface area contributed by atoms with E-state index in [0.29, 0.717) is 19.1 Å². The van der Waals surface area contributed by atoms with E-state index in [9.17, 15) is 18.0 Å². The maximum Gasteiger partial charge on any atom is 0.401 e. The number of carbonyl (C=O) groups is 1. The van der Waals surface area contributed by atoms with E-state index in [2.05, 4.69) is 24.1 Å². The van der Waals surface area contributed by atoms with Gasteiger partial charge in [0.15, 0.2) is 0 Å². The van der Waals surface area contributed by atoms with E-state index in [1.165, 1.54) is 4.90 Å². The number of hydrogen-bond donors (Lipinski definition) is 1. The van der Waals surface area contributed by atoms with Crippen LogP contribution in [0.4, 0.5) is 18.0 Å². The Morgan fingerprint density at radius 2 is 1.82 bits per heavy atom. The second-order valence-corrected chi connectivity index (χ2v) is 6.40. The molecule has 0 aromatic carbocycles. The topological polar surface area (TPSA) is 38.8 Å². The zero-order chi connectivity index (χ0) is 16.3. The van der Waals surface area contributed by atoms with Crippen molar-refractivity contribution in [3.8, 4) is 0 Å². The second-order valence-electron chi connectivity index (χ2n) is 6.40. The number of alkyl halides is 3. The van der Waals surface area contributed by atoms with E-state index in [-0.39, 0.29) is 25.2 Å². The van der Waals surface area contributed by atoms with Crippen LogP contribution < -0.4 is 5.32 Å². The lowest BCUT2D eigenvalue weighted by atomic mass is 10.2. The minimum absolute atomic E-state index is 0.142. The van der Waals surface area contributed by atoms with Crippen molar-refractivity contribution in [3.05, 3.63) is 0 Å².